The zero-order chi connectivity index (χ0) is 20.5. The molecule has 0 aliphatic carbocycles. The molecule has 0 saturated carbocycles. The maximum absolute atomic E-state index is 12.0. The number of hydrogen-bond donors (Lipinski definition) is 2. The summed E-state index contributed by atoms with van der Waals surface area (Å²) in [5.74, 6) is 0.789. The van der Waals surface area contributed by atoms with E-state index in [0.717, 1.165) is 11.3 Å². The van der Waals surface area contributed by atoms with Crippen molar-refractivity contribution in [2.45, 2.75) is 19.8 Å². The maximum atomic E-state index is 12.0. The summed E-state index contributed by atoms with van der Waals surface area (Å²) in [6.45, 7) is 2.38. The first-order valence-electron chi connectivity index (χ1n) is 8.52. The molecule has 0 saturated heterocycles. The molecule has 0 heterocycles. The fourth-order valence-electron chi connectivity index (χ4n) is 2.30. The Hall–Kier alpha value is -3.20. The lowest BCUT2D eigenvalue weighted by Gasteiger charge is -2.11. The van der Waals surface area contributed by atoms with Gasteiger partial charge >= 0.3 is 0 Å². The second kappa shape index (κ2) is 10.2. The number of aryl methyl sites for hydroxylation is 1. The van der Waals surface area contributed by atoms with Crippen LogP contribution in [0.3, 0.4) is 0 Å². The Labute approximate surface area is 168 Å². The number of ether oxygens (including phenoxy) is 2. The van der Waals surface area contributed by atoms with Crippen LogP contribution >= 0.6 is 12.2 Å². The highest BCUT2D eigenvalue weighted by Crippen LogP contribution is 2.28. The van der Waals surface area contributed by atoms with Gasteiger partial charge in [0.2, 0.25) is 5.91 Å². The number of hydrogen-bond acceptors (Lipinski definition) is 6. The summed E-state index contributed by atoms with van der Waals surface area (Å²) in [6, 6.07) is 11.9. The predicted molar refractivity (Wildman–Crippen MR) is 110 cm³/mol. The molecule has 148 valence electrons. The first-order valence-corrected chi connectivity index (χ1v) is 8.92. The van der Waals surface area contributed by atoms with Crippen molar-refractivity contribution in [1.82, 2.24) is 5.32 Å². The lowest BCUT2D eigenvalue weighted by Crippen LogP contribution is -2.34. The highest BCUT2D eigenvalue weighted by molar-refractivity contribution is 7.80. The van der Waals surface area contributed by atoms with Crippen molar-refractivity contribution in [3.8, 4) is 11.5 Å². The van der Waals surface area contributed by atoms with Crippen molar-refractivity contribution in [3.05, 3.63) is 58.1 Å². The fourth-order valence-corrected chi connectivity index (χ4v) is 2.52. The van der Waals surface area contributed by atoms with Crippen LogP contribution in [0.4, 0.5) is 11.4 Å². The molecular formula is C19H21N3O5S. The Morgan fingerprint density at radius 3 is 2.50 bits per heavy atom. The van der Waals surface area contributed by atoms with Crippen molar-refractivity contribution >= 4 is 34.6 Å². The number of carbonyl (C=O) groups excluding carboxylic acids is 1. The highest BCUT2D eigenvalue weighted by atomic mass is 32.1. The molecule has 0 aliphatic rings. The molecule has 2 aromatic carbocycles. The summed E-state index contributed by atoms with van der Waals surface area (Å²) in [4.78, 5) is 22.6. The van der Waals surface area contributed by atoms with Crippen molar-refractivity contribution in [3.63, 3.8) is 0 Å². The van der Waals surface area contributed by atoms with Crippen LogP contribution in [0, 0.1) is 17.0 Å². The number of rotatable bonds is 8. The van der Waals surface area contributed by atoms with Crippen LogP contribution in [-0.2, 0) is 4.79 Å². The number of nitrogens with zero attached hydrogens (tertiary/aromatic N) is 1. The van der Waals surface area contributed by atoms with E-state index < -0.39 is 4.92 Å². The molecule has 1 amide bonds. The molecule has 0 aromatic heterocycles. The van der Waals surface area contributed by atoms with Crippen LogP contribution in [-0.4, -0.2) is 29.7 Å². The van der Waals surface area contributed by atoms with Gasteiger partial charge in [-0.2, -0.15) is 0 Å². The van der Waals surface area contributed by atoms with Gasteiger partial charge in [0, 0.05) is 6.42 Å². The third-order valence-corrected chi connectivity index (χ3v) is 3.94. The van der Waals surface area contributed by atoms with Gasteiger partial charge in [-0.3, -0.25) is 14.9 Å². The number of nitro groups is 1. The van der Waals surface area contributed by atoms with E-state index in [0.29, 0.717) is 18.8 Å². The molecule has 0 aliphatic heterocycles. The Balaban J connectivity index is 1.78. The summed E-state index contributed by atoms with van der Waals surface area (Å²) in [7, 11) is 1.42. The van der Waals surface area contributed by atoms with Gasteiger partial charge in [0.25, 0.3) is 5.69 Å². The predicted octanol–water partition coefficient (Wildman–Crippen LogP) is 3.58. The summed E-state index contributed by atoms with van der Waals surface area (Å²) < 4.78 is 10.5. The molecule has 0 unspecified atom stereocenters. The molecule has 2 aromatic rings. The smallest absolute Gasteiger partial charge is 0.296 e. The first-order chi connectivity index (χ1) is 13.4. The van der Waals surface area contributed by atoms with Gasteiger partial charge in [-0.25, -0.2) is 0 Å². The van der Waals surface area contributed by atoms with Crippen molar-refractivity contribution in [1.29, 1.82) is 0 Å². The van der Waals surface area contributed by atoms with E-state index in [-0.39, 0.29) is 28.8 Å². The molecule has 28 heavy (non-hydrogen) atoms. The van der Waals surface area contributed by atoms with Crippen LogP contribution in [0.15, 0.2) is 42.5 Å². The van der Waals surface area contributed by atoms with E-state index in [1.165, 1.54) is 19.2 Å². The zero-order valence-corrected chi connectivity index (χ0v) is 16.4. The lowest BCUT2D eigenvalue weighted by atomic mass is 10.2. The Morgan fingerprint density at radius 2 is 1.86 bits per heavy atom. The average Bonchev–Trinajstić information content (AvgIpc) is 2.66. The summed E-state index contributed by atoms with van der Waals surface area (Å²) in [5, 5.41) is 16.3. The maximum Gasteiger partial charge on any atom is 0.296 e. The van der Waals surface area contributed by atoms with Crippen LogP contribution in [0.1, 0.15) is 18.4 Å². The number of benzene rings is 2. The summed E-state index contributed by atoms with van der Waals surface area (Å²) in [5.41, 5.74) is 1.10. The molecule has 0 spiro atoms. The van der Waals surface area contributed by atoms with Crippen LogP contribution in [0.5, 0.6) is 11.5 Å². The molecule has 0 atom stereocenters. The molecule has 8 nitrogen and oxygen atoms in total. The van der Waals surface area contributed by atoms with Crippen molar-refractivity contribution in [2.24, 2.45) is 0 Å². The summed E-state index contributed by atoms with van der Waals surface area (Å²) in [6.07, 6.45) is 0.712. The largest absolute Gasteiger partial charge is 0.496 e. The number of thiocarbonyl (C=S) groups is 1. The Morgan fingerprint density at radius 1 is 1.18 bits per heavy atom. The van der Waals surface area contributed by atoms with Gasteiger partial charge in [0.15, 0.2) is 5.11 Å². The number of methoxy groups -OCH3 is 1. The number of nitrogens with one attached hydrogen (secondary N) is 2. The van der Waals surface area contributed by atoms with Crippen LogP contribution < -0.4 is 20.1 Å². The average molecular weight is 403 g/mol. The highest BCUT2D eigenvalue weighted by Gasteiger charge is 2.16. The topological polar surface area (TPSA) is 103 Å². The summed E-state index contributed by atoms with van der Waals surface area (Å²) >= 11 is 5.06. The standard InChI is InChI=1S/C19H21N3O5S/c1-13-5-7-14(8-6-13)27-11-3-4-18(23)21-19(28)20-16-10-9-15(26-2)12-17(16)22(24)25/h5-10,12H,3-4,11H2,1-2H3,(H2,20,21,23,28). The van der Waals surface area contributed by atoms with Gasteiger partial charge in [0.1, 0.15) is 17.2 Å². The number of amides is 1. The van der Waals surface area contributed by atoms with E-state index in [9.17, 15) is 14.9 Å². The Bertz CT molecular complexity index is 855. The number of carbonyl (C=O) groups is 1. The quantitative estimate of drug-likeness (QED) is 0.300. The number of anilines is 1. The fraction of sp³-hybridized carbons (Fsp3) is 0.263. The van der Waals surface area contributed by atoms with Gasteiger partial charge in [0.05, 0.1) is 24.7 Å². The van der Waals surface area contributed by atoms with Crippen molar-refractivity contribution < 1.29 is 19.2 Å². The molecule has 0 bridgehead atoms. The van der Waals surface area contributed by atoms with Gasteiger partial charge < -0.3 is 20.1 Å². The van der Waals surface area contributed by atoms with E-state index in [4.69, 9.17) is 21.7 Å². The molecule has 0 radical (unpaired) electrons. The molecule has 2 N–H and O–H groups in total. The molecule has 0 fully saturated rings. The SMILES string of the molecule is COc1ccc(NC(=S)NC(=O)CCCOc2ccc(C)cc2)c([N+](=O)[O-])c1. The minimum Gasteiger partial charge on any atom is -0.496 e. The van der Waals surface area contributed by atoms with Gasteiger partial charge in [-0.15, -0.1) is 0 Å². The minimum absolute atomic E-state index is 0.0160. The Kier molecular flexibility index (Phi) is 7.70. The molecule has 2 rings (SSSR count). The van der Waals surface area contributed by atoms with E-state index in [1.54, 1.807) is 6.07 Å². The third kappa shape index (κ3) is 6.51. The number of nitro benzene ring substituents is 1. The zero-order valence-electron chi connectivity index (χ0n) is 15.6. The van der Waals surface area contributed by atoms with Crippen molar-refractivity contribution in [2.75, 3.05) is 19.0 Å². The van der Waals surface area contributed by atoms with E-state index in [1.807, 2.05) is 31.2 Å². The normalized spacial score (nSPS) is 10.1. The minimum atomic E-state index is -0.558. The van der Waals surface area contributed by atoms with E-state index >= 15 is 0 Å². The molecule has 9 heteroatoms. The first kappa shape index (κ1) is 21.1. The van der Waals surface area contributed by atoms with Crippen LogP contribution in [0.2, 0.25) is 0 Å². The van der Waals surface area contributed by atoms with Crippen LogP contribution in [0.25, 0.3) is 0 Å². The molecular weight excluding hydrogens is 382 g/mol. The lowest BCUT2D eigenvalue weighted by molar-refractivity contribution is -0.384. The monoisotopic (exact) mass is 403 g/mol. The second-order valence-electron chi connectivity index (χ2n) is 5.91. The van der Waals surface area contributed by atoms with E-state index in [2.05, 4.69) is 10.6 Å². The van der Waals surface area contributed by atoms with Gasteiger partial charge in [-0.1, -0.05) is 17.7 Å². The second-order valence-corrected chi connectivity index (χ2v) is 6.32. The van der Waals surface area contributed by atoms with Gasteiger partial charge in [-0.05, 0) is 49.8 Å². The third-order valence-electron chi connectivity index (χ3n) is 3.74.